The van der Waals surface area contributed by atoms with Gasteiger partial charge in [0.05, 0.1) is 5.41 Å². The van der Waals surface area contributed by atoms with Gasteiger partial charge in [0.2, 0.25) is 5.78 Å². The van der Waals surface area contributed by atoms with Gasteiger partial charge in [-0.25, -0.2) is 0 Å². The summed E-state index contributed by atoms with van der Waals surface area (Å²) in [5, 5.41) is 0. The van der Waals surface area contributed by atoms with Gasteiger partial charge in [-0.2, -0.15) is 13.2 Å². The number of Topliss-reactive ketones (excluding diaryl/α,β-unsaturated/α-hetero) is 1. The fourth-order valence-electron chi connectivity index (χ4n) is 2.14. The second-order valence-corrected chi connectivity index (χ2v) is 5.44. The standard InChI is InChI=1S/C15H13F3OS/c1-14(13(19)15(16,17)18)8-6-10(7-9-14)11-4-2-3-5-12(11)20/h2-8,20H,9H2,1H3. The lowest BCUT2D eigenvalue weighted by Gasteiger charge is -2.27. The number of halogens is 3. The number of carbonyl (C=O) groups excluding carboxylic acids is 1. The van der Waals surface area contributed by atoms with E-state index < -0.39 is 17.4 Å². The quantitative estimate of drug-likeness (QED) is 0.798. The van der Waals surface area contributed by atoms with Gasteiger partial charge in [-0.05, 0) is 30.5 Å². The molecule has 1 unspecified atom stereocenters. The summed E-state index contributed by atoms with van der Waals surface area (Å²) >= 11 is 4.32. The lowest BCUT2D eigenvalue weighted by Crippen LogP contribution is -2.38. The molecule has 0 radical (unpaired) electrons. The van der Waals surface area contributed by atoms with E-state index in [1.807, 2.05) is 24.3 Å². The molecule has 1 aromatic carbocycles. The van der Waals surface area contributed by atoms with E-state index in [2.05, 4.69) is 12.6 Å². The third-order valence-corrected chi connectivity index (χ3v) is 3.76. The summed E-state index contributed by atoms with van der Waals surface area (Å²) in [5.41, 5.74) is 0.101. The van der Waals surface area contributed by atoms with Crippen LogP contribution in [0.2, 0.25) is 0 Å². The summed E-state index contributed by atoms with van der Waals surface area (Å²) in [4.78, 5) is 12.2. The molecular formula is C15H13F3OS. The molecule has 0 fully saturated rings. The van der Waals surface area contributed by atoms with Gasteiger partial charge in [-0.15, -0.1) is 12.6 Å². The second-order valence-electron chi connectivity index (χ2n) is 4.96. The maximum absolute atomic E-state index is 12.5. The minimum absolute atomic E-state index is 0.0271. The highest BCUT2D eigenvalue weighted by Crippen LogP contribution is 2.39. The van der Waals surface area contributed by atoms with Crippen molar-refractivity contribution in [3.63, 3.8) is 0 Å². The lowest BCUT2D eigenvalue weighted by atomic mass is 9.77. The van der Waals surface area contributed by atoms with Crippen LogP contribution in [0.4, 0.5) is 13.2 Å². The van der Waals surface area contributed by atoms with Crippen molar-refractivity contribution in [2.75, 3.05) is 0 Å². The topological polar surface area (TPSA) is 17.1 Å². The van der Waals surface area contributed by atoms with Crippen LogP contribution in [-0.4, -0.2) is 12.0 Å². The van der Waals surface area contributed by atoms with Gasteiger partial charge in [0, 0.05) is 4.90 Å². The molecule has 0 saturated heterocycles. The largest absolute Gasteiger partial charge is 0.450 e. The van der Waals surface area contributed by atoms with Crippen molar-refractivity contribution in [2.24, 2.45) is 5.41 Å². The first kappa shape index (κ1) is 14.9. The Hall–Kier alpha value is -1.49. The summed E-state index contributed by atoms with van der Waals surface area (Å²) in [7, 11) is 0. The molecule has 1 atom stereocenters. The molecular weight excluding hydrogens is 285 g/mol. The van der Waals surface area contributed by atoms with Gasteiger partial charge in [0.1, 0.15) is 0 Å². The summed E-state index contributed by atoms with van der Waals surface area (Å²) < 4.78 is 37.6. The third-order valence-electron chi connectivity index (χ3n) is 3.37. The number of alkyl halides is 3. The van der Waals surface area contributed by atoms with E-state index in [9.17, 15) is 18.0 Å². The predicted octanol–water partition coefficient (Wildman–Crippen LogP) is 4.46. The van der Waals surface area contributed by atoms with Crippen LogP contribution in [0.15, 0.2) is 47.4 Å². The molecule has 1 aliphatic rings. The van der Waals surface area contributed by atoms with Gasteiger partial charge >= 0.3 is 6.18 Å². The van der Waals surface area contributed by atoms with Crippen LogP contribution in [0.25, 0.3) is 5.57 Å². The zero-order chi connectivity index (χ0) is 15.0. The number of hydrogen-bond acceptors (Lipinski definition) is 2. The molecule has 2 rings (SSSR count). The van der Waals surface area contributed by atoms with E-state index in [4.69, 9.17) is 0 Å². The second kappa shape index (κ2) is 5.13. The Morgan fingerprint density at radius 1 is 1.30 bits per heavy atom. The number of carbonyl (C=O) groups is 1. The van der Waals surface area contributed by atoms with E-state index in [-0.39, 0.29) is 6.42 Å². The fourth-order valence-corrected chi connectivity index (χ4v) is 2.43. The molecule has 106 valence electrons. The van der Waals surface area contributed by atoms with Crippen LogP contribution >= 0.6 is 12.6 Å². The summed E-state index contributed by atoms with van der Waals surface area (Å²) in [5.74, 6) is -1.71. The molecule has 0 N–H and O–H groups in total. The zero-order valence-corrected chi connectivity index (χ0v) is 11.6. The monoisotopic (exact) mass is 298 g/mol. The minimum Gasteiger partial charge on any atom is -0.289 e. The van der Waals surface area contributed by atoms with Gasteiger partial charge in [-0.1, -0.05) is 36.4 Å². The van der Waals surface area contributed by atoms with E-state index in [1.54, 1.807) is 12.2 Å². The van der Waals surface area contributed by atoms with Crippen LogP contribution in [0.3, 0.4) is 0 Å². The number of hydrogen-bond donors (Lipinski definition) is 1. The highest BCUT2D eigenvalue weighted by atomic mass is 32.1. The van der Waals surface area contributed by atoms with Crippen molar-refractivity contribution in [1.29, 1.82) is 0 Å². The van der Waals surface area contributed by atoms with Crippen molar-refractivity contribution in [1.82, 2.24) is 0 Å². The Kier molecular flexibility index (Phi) is 3.82. The first-order valence-electron chi connectivity index (χ1n) is 6.03. The summed E-state index contributed by atoms with van der Waals surface area (Å²) in [6, 6.07) is 7.31. The van der Waals surface area contributed by atoms with Crippen molar-refractivity contribution in [3.05, 3.63) is 48.1 Å². The lowest BCUT2D eigenvalue weighted by molar-refractivity contribution is -0.178. The Labute approximate surface area is 120 Å². The zero-order valence-electron chi connectivity index (χ0n) is 10.7. The highest BCUT2D eigenvalue weighted by molar-refractivity contribution is 7.80. The first-order valence-corrected chi connectivity index (χ1v) is 6.48. The first-order chi connectivity index (χ1) is 9.24. The molecule has 1 aromatic rings. The van der Waals surface area contributed by atoms with Crippen molar-refractivity contribution in [2.45, 2.75) is 24.4 Å². The van der Waals surface area contributed by atoms with Gasteiger partial charge in [0.15, 0.2) is 0 Å². The van der Waals surface area contributed by atoms with Gasteiger partial charge < -0.3 is 0 Å². The molecule has 5 heteroatoms. The number of benzene rings is 1. The molecule has 20 heavy (non-hydrogen) atoms. The molecule has 0 spiro atoms. The summed E-state index contributed by atoms with van der Waals surface area (Å²) in [6.07, 6.45) is -0.246. The molecule has 1 aliphatic carbocycles. The number of rotatable bonds is 2. The van der Waals surface area contributed by atoms with Crippen LogP contribution < -0.4 is 0 Å². The molecule has 1 nitrogen and oxygen atoms in total. The number of allylic oxidation sites excluding steroid dienone is 4. The summed E-state index contributed by atoms with van der Waals surface area (Å²) in [6.45, 7) is 1.30. The number of thiol groups is 1. The normalized spacial score (nSPS) is 22.6. The molecule has 0 saturated carbocycles. The fraction of sp³-hybridized carbons (Fsp3) is 0.267. The SMILES string of the molecule is CC1(C(=O)C(F)(F)F)C=CC(c2ccccc2S)=CC1. The molecule has 0 aliphatic heterocycles. The van der Waals surface area contributed by atoms with E-state index in [0.29, 0.717) is 0 Å². The Morgan fingerprint density at radius 3 is 2.45 bits per heavy atom. The Morgan fingerprint density at radius 2 is 1.95 bits per heavy atom. The Balaban J connectivity index is 2.27. The van der Waals surface area contributed by atoms with Crippen molar-refractivity contribution < 1.29 is 18.0 Å². The highest BCUT2D eigenvalue weighted by Gasteiger charge is 2.48. The van der Waals surface area contributed by atoms with E-state index >= 15 is 0 Å². The van der Waals surface area contributed by atoms with Crippen molar-refractivity contribution >= 4 is 24.0 Å². The van der Waals surface area contributed by atoms with E-state index in [1.165, 1.54) is 13.0 Å². The van der Waals surface area contributed by atoms with Crippen molar-refractivity contribution in [3.8, 4) is 0 Å². The minimum atomic E-state index is -4.81. The Bertz CT molecular complexity index is 601. The average Bonchev–Trinajstić information content (AvgIpc) is 2.39. The molecule has 0 heterocycles. The number of ketones is 1. The third kappa shape index (κ3) is 2.82. The maximum atomic E-state index is 12.5. The van der Waals surface area contributed by atoms with E-state index in [0.717, 1.165) is 16.0 Å². The van der Waals surface area contributed by atoms with Crippen LogP contribution in [0.5, 0.6) is 0 Å². The molecule has 0 aromatic heterocycles. The van der Waals surface area contributed by atoms with Crippen LogP contribution in [0, 0.1) is 5.41 Å². The average molecular weight is 298 g/mol. The molecule has 0 bridgehead atoms. The van der Waals surface area contributed by atoms with Crippen LogP contribution in [-0.2, 0) is 4.79 Å². The van der Waals surface area contributed by atoms with Gasteiger partial charge in [-0.3, -0.25) is 4.79 Å². The van der Waals surface area contributed by atoms with Crippen LogP contribution in [0.1, 0.15) is 18.9 Å². The smallest absolute Gasteiger partial charge is 0.289 e. The molecule has 0 amide bonds. The van der Waals surface area contributed by atoms with Gasteiger partial charge in [0.25, 0.3) is 0 Å². The maximum Gasteiger partial charge on any atom is 0.450 e. The predicted molar refractivity (Wildman–Crippen MR) is 74.6 cm³/mol.